The van der Waals surface area contributed by atoms with Gasteiger partial charge in [-0.25, -0.2) is 4.79 Å². The van der Waals surface area contributed by atoms with Crippen molar-refractivity contribution in [1.29, 1.82) is 0 Å². The van der Waals surface area contributed by atoms with Crippen LogP contribution in [0, 0.1) is 5.41 Å². The van der Waals surface area contributed by atoms with Gasteiger partial charge in [0.15, 0.2) is 14.8 Å². The van der Waals surface area contributed by atoms with E-state index in [1.165, 1.54) is 0 Å². The third kappa shape index (κ3) is 4.58. The van der Waals surface area contributed by atoms with Crippen LogP contribution in [0.1, 0.15) is 49.9 Å². The van der Waals surface area contributed by atoms with Crippen molar-refractivity contribution in [3.63, 3.8) is 0 Å². The number of hydrogen-bond acceptors (Lipinski definition) is 5. The van der Waals surface area contributed by atoms with E-state index in [0.717, 1.165) is 5.56 Å². The van der Waals surface area contributed by atoms with Gasteiger partial charge in [0, 0.05) is 5.56 Å². The molecule has 2 aromatic rings. The minimum atomic E-state index is -1.37. The molecule has 0 saturated carbocycles. The van der Waals surface area contributed by atoms with Gasteiger partial charge in [-0.1, -0.05) is 56.3 Å². The number of esters is 1. The van der Waals surface area contributed by atoms with Crippen LogP contribution in [0.25, 0.3) is 11.3 Å². The topological polar surface area (TPSA) is 61.6 Å². The minimum absolute atomic E-state index is 0.244. The molecule has 0 aliphatic rings. The number of benzene rings is 1. The van der Waals surface area contributed by atoms with Gasteiger partial charge >= 0.3 is 5.97 Å². The summed E-state index contributed by atoms with van der Waals surface area (Å²) in [7, 11) is -1.37. The highest BCUT2D eigenvalue weighted by Gasteiger charge is 2.37. The van der Waals surface area contributed by atoms with E-state index in [4.69, 9.17) is 13.7 Å². The zero-order valence-corrected chi connectivity index (χ0v) is 17.0. The van der Waals surface area contributed by atoms with Crippen LogP contribution >= 0.6 is 0 Å². The van der Waals surface area contributed by atoms with Gasteiger partial charge in [-0.05, 0) is 25.4 Å². The van der Waals surface area contributed by atoms with Crippen LogP contribution in [0.2, 0.25) is 13.1 Å². The van der Waals surface area contributed by atoms with E-state index in [1.54, 1.807) is 6.92 Å². The third-order valence-corrected chi connectivity index (χ3v) is 4.49. The molecule has 2 rings (SSSR count). The maximum Gasteiger partial charge on any atom is 0.344 e. The summed E-state index contributed by atoms with van der Waals surface area (Å²) in [4.78, 5) is 12.7. The molecule has 25 heavy (non-hydrogen) atoms. The lowest BCUT2D eigenvalue weighted by atomic mass is 9.86. The van der Waals surface area contributed by atoms with Gasteiger partial charge in [0.2, 0.25) is 0 Å². The Bertz CT molecular complexity index is 704. The van der Waals surface area contributed by atoms with Crippen LogP contribution in [0.3, 0.4) is 0 Å². The lowest BCUT2D eigenvalue weighted by Gasteiger charge is -2.31. The summed E-state index contributed by atoms with van der Waals surface area (Å²) in [5.41, 5.74) is 1.43. The third-order valence-electron chi connectivity index (χ3n) is 3.68. The fraction of sp³-hybridized carbons (Fsp3) is 0.474. The largest absolute Gasteiger partial charge is 0.462 e. The Morgan fingerprint density at radius 2 is 1.88 bits per heavy atom. The standard InChI is InChI=1S/C19H27NO4Si/c1-7-22-18(21)14-15(13-11-9-8-10-12-13)20-23-16(14)17(19(2,3)4)24-25(5)6/h8-12,17,25H,7H2,1-6H3. The van der Waals surface area contributed by atoms with Gasteiger partial charge in [-0.2, -0.15) is 0 Å². The summed E-state index contributed by atoms with van der Waals surface area (Å²) < 4.78 is 17.1. The summed E-state index contributed by atoms with van der Waals surface area (Å²) in [6, 6.07) is 9.51. The second-order valence-electron chi connectivity index (χ2n) is 7.29. The highest BCUT2D eigenvalue weighted by molar-refractivity contribution is 6.48. The first-order chi connectivity index (χ1) is 11.8. The number of rotatable bonds is 6. The van der Waals surface area contributed by atoms with Crippen molar-refractivity contribution in [2.24, 2.45) is 5.41 Å². The van der Waals surface area contributed by atoms with Crippen molar-refractivity contribution in [2.75, 3.05) is 6.61 Å². The van der Waals surface area contributed by atoms with E-state index in [0.29, 0.717) is 17.0 Å². The first kappa shape index (κ1) is 19.4. The van der Waals surface area contributed by atoms with E-state index in [2.05, 4.69) is 39.0 Å². The molecule has 0 bridgehead atoms. The first-order valence-corrected chi connectivity index (χ1v) is 11.4. The molecule has 1 unspecified atom stereocenters. The molecule has 6 heteroatoms. The first-order valence-electron chi connectivity index (χ1n) is 8.63. The average molecular weight is 362 g/mol. The molecule has 136 valence electrons. The number of carbonyl (C=O) groups excluding carboxylic acids is 1. The minimum Gasteiger partial charge on any atom is -0.462 e. The molecule has 0 spiro atoms. The summed E-state index contributed by atoms with van der Waals surface area (Å²) in [5.74, 6) is 0.0203. The van der Waals surface area contributed by atoms with Gasteiger partial charge in [-0.15, -0.1) is 0 Å². The molecule has 0 N–H and O–H groups in total. The molecule has 1 aromatic carbocycles. The lowest BCUT2D eigenvalue weighted by molar-refractivity contribution is 0.0458. The second kappa shape index (κ2) is 7.97. The van der Waals surface area contributed by atoms with Crippen molar-refractivity contribution in [3.05, 3.63) is 41.7 Å². The van der Waals surface area contributed by atoms with Gasteiger partial charge in [-0.3, -0.25) is 0 Å². The lowest BCUT2D eigenvalue weighted by Crippen LogP contribution is -2.27. The molecule has 1 heterocycles. The Hall–Kier alpha value is -1.92. The smallest absolute Gasteiger partial charge is 0.344 e. The van der Waals surface area contributed by atoms with Crippen LogP contribution in [0.5, 0.6) is 0 Å². The Morgan fingerprint density at radius 3 is 2.40 bits per heavy atom. The highest BCUT2D eigenvalue weighted by Crippen LogP contribution is 2.41. The zero-order valence-electron chi connectivity index (χ0n) is 15.8. The highest BCUT2D eigenvalue weighted by atomic mass is 28.3. The van der Waals surface area contributed by atoms with Gasteiger partial charge in [0.25, 0.3) is 0 Å². The number of ether oxygens (including phenoxy) is 1. The molecule has 1 aromatic heterocycles. The summed E-state index contributed by atoms with van der Waals surface area (Å²) in [6.45, 7) is 12.5. The number of aromatic nitrogens is 1. The maximum atomic E-state index is 12.7. The molecule has 0 aliphatic heterocycles. The molecule has 0 amide bonds. The Balaban J connectivity index is 2.61. The van der Waals surface area contributed by atoms with Crippen LogP contribution in [-0.4, -0.2) is 26.8 Å². The normalized spacial score (nSPS) is 13.1. The van der Waals surface area contributed by atoms with Crippen LogP contribution in [-0.2, 0) is 9.16 Å². The van der Waals surface area contributed by atoms with Crippen molar-refractivity contribution >= 4 is 15.0 Å². The Morgan fingerprint density at radius 1 is 1.24 bits per heavy atom. The molecule has 5 nitrogen and oxygen atoms in total. The van der Waals surface area contributed by atoms with Crippen LogP contribution < -0.4 is 0 Å². The fourth-order valence-electron chi connectivity index (χ4n) is 2.61. The van der Waals surface area contributed by atoms with Crippen molar-refractivity contribution in [2.45, 2.75) is 46.9 Å². The zero-order chi connectivity index (χ0) is 18.6. The molecule has 0 saturated heterocycles. The molecular weight excluding hydrogens is 334 g/mol. The SMILES string of the molecule is CCOC(=O)c1c(-c2ccccc2)noc1C(O[SiH](C)C)C(C)(C)C. The molecule has 0 fully saturated rings. The summed E-state index contributed by atoms with van der Waals surface area (Å²) in [6.07, 6.45) is -0.358. The van der Waals surface area contributed by atoms with Gasteiger partial charge < -0.3 is 13.7 Å². The Labute approximate surface area is 151 Å². The monoisotopic (exact) mass is 361 g/mol. The number of nitrogens with zero attached hydrogens (tertiary/aromatic N) is 1. The molecule has 1 atom stereocenters. The van der Waals surface area contributed by atoms with E-state index >= 15 is 0 Å². The van der Waals surface area contributed by atoms with E-state index < -0.39 is 15.0 Å². The van der Waals surface area contributed by atoms with E-state index in [9.17, 15) is 4.79 Å². The molecule has 0 radical (unpaired) electrons. The Kier molecular flexibility index (Phi) is 6.19. The summed E-state index contributed by atoms with van der Waals surface area (Å²) >= 11 is 0. The summed E-state index contributed by atoms with van der Waals surface area (Å²) in [5, 5.41) is 4.19. The van der Waals surface area contributed by atoms with Crippen molar-refractivity contribution in [3.8, 4) is 11.3 Å². The molecular formula is C19H27NO4Si. The van der Waals surface area contributed by atoms with Crippen LogP contribution in [0.4, 0.5) is 0 Å². The predicted molar refractivity (Wildman–Crippen MR) is 100 cm³/mol. The van der Waals surface area contributed by atoms with Crippen molar-refractivity contribution < 1.29 is 18.5 Å². The number of carbonyl (C=O) groups is 1. The quantitative estimate of drug-likeness (QED) is 0.555. The average Bonchev–Trinajstić information content (AvgIpc) is 2.97. The van der Waals surface area contributed by atoms with Crippen molar-refractivity contribution in [1.82, 2.24) is 5.16 Å². The van der Waals surface area contributed by atoms with Crippen LogP contribution in [0.15, 0.2) is 34.9 Å². The predicted octanol–water partition coefficient (Wildman–Crippen LogP) is 4.61. The van der Waals surface area contributed by atoms with E-state index in [1.807, 2.05) is 30.3 Å². The van der Waals surface area contributed by atoms with E-state index in [-0.39, 0.29) is 18.1 Å². The fourth-order valence-corrected chi connectivity index (χ4v) is 3.68. The molecule has 0 aliphatic carbocycles. The second-order valence-corrected chi connectivity index (χ2v) is 9.66. The maximum absolute atomic E-state index is 12.7. The van der Waals surface area contributed by atoms with Gasteiger partial charge in [0.05, 0.1) is 6.61 Å². The van der Waals surface area contributed by atoms with Gasteiger partial charge in [0.1, 0.15) is 17.4 Å². The number of hydrogen-bond donors (Lipinski definition) is 0.